The zero-order chi connectivity index (χ0) is 23.4. The van der Waals surface area contributed by atoms with Crippen LogP contribution in [0.4, 0.5) is 0 Å². The third-order valence-electron chi connectivity index (χ3n) is 10.7. The van der Waals surface area contributed by atoms with Gasteiger partial charge in [0.05, 0.1) is 0 Å². The fraction of sp³-hybridized carbons (Fsp3) is 0.889. The Morgan fingerprint density at radius 3 is 2.34 bits per heavy atom. The topological polar surface area (TPSA) is 80.7 Å². The van der Waals surface area contributed by atoms with Gasteiger partial charge >= 0.3 is 11.9 Å². The Hall–Kier alpha value is -1.39. The van der Waals surface area contributed by atoms with Gasteiger partial charge < -0.3 is 9.84 Å². The Balaban J connectivity index is 1.63. The lowest BCUT2D eigenvalue weighted by atomic mass is 9.42. The van der Waals surface area contributed by atoms with Gasteiger partial charge in [-0.3, -0.25) is 14.4 Å². The molecule has 4 saturated carbocycles. The number of carboxylic acids is 1. The summed E-state index contributed by atoms with van der Waals surface area (Å²) in [6.45, 7) is 10.5. The zero-order valence-corrected chi connectivity index (χ0v) is 20.6. The Morgan fingerprint density at radius 2 is 1.72 bits per heavy atom. The summed E-state index contributed by atoms with van der Waals surface area (Å²) < 4.78 is 5.61. The standard InChI is InChI=1S/C27H42O5/c1-6-18-22-14-17(32-16(3)28)9-11-27(22,5)21-10-12-26(4)19(15(2)13-23(29)30)7-8-20(26)24(21)25(18)31/h15,17-22,24H,6-14H2,1-5H3,(H,29,30)/t15-,17-,18-,19-,20?,21?,22+,24?,26-,27-/m1/s1. The Labute approximate surface area is 193 Å². The van der Waals surface area contributed by atoms with Crippen LogP contribution in [-0.4, -0.2) is 28.9 Å². The lowest BCUT2D eigenvalue weighted by Crippen LogP contribution is -2.60. The molecule has 5 nitrogen and oxygen atoms in total. The monoisotopic (exact) mass is 446 g/mol. The normalized spacial score (nSPS) is 46.5. The van der Waals surface area contributed by atoms with E-state index in [1.54, 1.807) is 0 Å². The molecule has 10 atom stereocenters. The van der Waals surface area contributed by atoms with Gasteiger partial charge in [0.1, 0.15) is 11.9 Å². The number of ketones is 1. The molecule has 0 aromatic rings. The molecule has 0 bridgehead atoms. The number of fused-ring (bicyclic) bond motifs is 5. The van der Waals surface area contributed by atoms with Crippen LogP contribution in [0.25, 0.3) is 0 Å². The molecule has 4 rings (SSSR count). The summed E-state index contributed by atoms with van der Waals surface area (Å²) in [6, 6.07) is 0. The molecule has 4 aliphatic carbocycles. The fourth-order valence-corrected chi connectivity index (χ4v) is 9.35. The highest BCUT2D eigenvalue weighted by atomic mass is 16.5. The molecule has 32 heavy (non-hydrogen) atoms. The molecule has 1 N–H and O–H groups in total. The summed E-state index contributed by atoms with van der Waals surface area (Å²) in [5, 5.41) is 9.37. The van der Waals surface area contributed by atoms with E-state index in [4.69, 9.17) is 4.74 Å². The molecule has 4 aliphatic rings. The second kappa shape index (κ2) is 8.43. The van der Waals surface area contributed by atoms with Gasteiger partial charge in [0, 0.05) is 25.2 Å². The molecular weight excluding hydrogens is 404 g/mol. The maximum Gasteiger partial charge on any atom is 0.303 e. The van der Waals surface area contributed by atoms with Crippen molar-refractivity contribution >= 4 is 17.7 Å². The van der Waals surface area contributed by atoms with Gasteiger partial charge in [-0.15, -0.1) is 0 Å². The average molecular weight is 447 g/mol. The first-order chi connectivity index (χ1) is 15.0. The molecule has 0 aliphatic heterocycles. The van der Waals surface area contributed by atoms with E-state index in [0.717, 1.165) is 51.4 Å². The van der Waals surface area contributed by atoms with E-state index in [0.29, 0.717) is 29.5 Å². The van der Waals surface area contributed by atoms with E-state index in [9.17, 15) is 19.5 Å². The van der Waals surface area contributed by atoms with E-state index in [-0.39, 0.29) is 47.1 Å². The molecule has 180 valence electrons. The molecule has 0 radical (unpaired) electrons. The van der Waals surface area contributed by atoms with Gasteiger partial charge in [-0.2, -0.15) is 0 Å². The number of esters is 1. The number of rotatable bonds is 5. The SMILES string of the molecule is CC[C@H]1C(=O)C2C3CC[C@H]([C@H](C)CC(=O)O)[C@@]3(C)CCC2[C@@]2(C)CC[C@@H](OC(C)=O)C[C@@H]12. The summed E-state index contributed by atoms with van der Waals surface area (Å²) in [7, 11) is 0. The largest absolute Gasteiger partial charge is 0.481 e. The minimum atomic E-state index is -0.710. The number of ether oxygens (including phenoxy) is 1. The summed E-state index contributed by atoms with van der Waals surface area (Å²) >= 11 is 0. The number of carbonyl (C=O) groups excluding carboxylic acids is 2. The van der Waals surface area contributed by atoms with Crippen LogP contribution in [0.1, 0.15) is 92.4 Å². The van der Waals surface area contributed by atoms with Crippen LogP contribution < -0.4 is 0 Å². The van der Waals surface area contributed by atoms with Gasteiger partial charge in [-0.1, -0.05) is 27.7 Å². The maximum atomic E-state index is 14.1. The van der Waals surface area contributed by atoms with Gasteiger partial charge in [0.25, 0.3) is 0 Å². The molecule has 0 aromatic heterocycles. The van der Waals surface area contributed by atoms with Crippen LogP contribution in [0, 0.1) is 52.3 Å². The van der Waals surface area contributed by atoms with Crippen molar-refractivity contribution in [3.05, 3.63) is 0 Å². The molecule has 0 spiro atoms. The molecule has 4 fully saturated rings. The second-order valence-corrected chi connectivity index (χ2v) is 12.1. The molecule has 0 amide bonds. The lowest BCUT2D eigenvalue weighted by molar-refractivity contribution is -0.178. The van der Waals surface area contributed by atoms with Gasteiger partial charge in [-0.25, -0.2) is 0 Å². The first kappa shape index (κ1) is 23.8. The molecule has 0 heterocycles. The molecular formula is C27H42O5. The first-order valence-electron chi connectivity index (χ1n) is 13.0. The number of hydrogen-bond donors (Lipinski definition) is 1. The average Bonchev–Trinajstić information content (AvgIpc) is 3.05. The van der Waals surface area contributed by atoms with Crippen LogP contribution in [0.15, 0.2) is 0 Å². The van der Waals surface area contributed by atoms with E-state index in [1.165, 1.54) is 6.92 Å². The number of aliphatic carboxylic acids is 1. The zero-order valence-electron chi connectivity index (χ0n) is 20.6. The number of carboxylic acid groups (broad SMARTS) is 1. The predicted molar refractivity (Wildman–Crippen MR) is 122 cm³/mol. The van der Waals surface area contributed by atoms with Crippen LogP contribution in [0.5, 0.6) is 0 Å². The minimum absolute atomic E-state index is 0.0504. The van der Waals surface area contributed by atoms with Crippen LogP contribution in [0.2, 0.25) is 0 Å². The predicted octanol–water partition coefficient (Wildman–Crippen LogP) is 5.50. The highest BCUT2D eigenvalue weighted by Crippen LogP contribution is 2.68. The van der Waals surface area contributed by atoms with Crippen molar-refractivity contribution in [3.63, 3.8) is 0 Å². The molecule has 5 heteroatoms. The lowest BCUT2D eigenvalue weighted by Gasteiger charge is -2.62. The van der Waals surface area contributed by atoms with Gasteiger partial charge in [-0.05, 0) is 91.8 Å². The van der Waals surface area contributed by atoms with Gasteiger partial charge in [0.15, 0.2) is 0 Å². The minimum Gasteiger partial charge on any atom is -0.481 e. The smallest absolute Gasteiger partial charge is 0.303 e. The van der Waals surface area contributed by atoms with Crippen LogP contribution in [0.3, 0.4) is 0 Å². The van der Waals surface area contributed by atoms with Crippen molar-refractivity contribution in [1.82, 2.24) is 0 Å². The number of Topliss-reactive ketones (excluding diaryl/α,β-unsaturated/α-hetero) is 1. The number of hydrogen-bond acceptors (Lipinski definition) is 4. The molecule has 3 unspecified atom stereocenters. The third kappa shape index (κ3) is 3.62. The van der Waals surface area contributed by atoms with E-state index < -0.39 is 5.97 Å². The summed E-state index contributed by atoms with van der Waals surface area (Å²) in [4.78, 5) is 37.0. The quantitative estimate of drug-likeness (QED) is 0.564. The summed E-state index contributed by atoms with van der Waals surface area (Å²) in [6.07, 6.45) is 8.08. The number of carbonyl (C=O) groups is 3. The third-order valence-corrected chi connectivity index (χ3v) is 10.7. The highest BCUT2D eigenvalue weighted by molar-refractivity contribution is 5.86. The first-order valence-corrected chi connectivity index (χ1v) is 13.0. The van der Waals surface area contributed by atoms with Crippen LogP contribution in [-0.2, 0) is 19.1 Å². The van der Waals surface area contributed by atoms with Crippen molar-refractivity contribution in [1.29, 1.82) is 0 Å². The van der Waals surface area contributed by atoms with E-state index in [2.05, 4.69) is 27.7 Å². The second-order valence-electron chi connectivity index (χ2n) is 12.1. The Kier molecular flexibility index (Phi) is 6.26. The van der Waals surface area contributed by atoms with Crippen molar-refractivity contribution in [2.45, 2.75) is 98.5 Å². The van der Waals surface area contributed by atoms with Crippen molar-refractivity contribution in [3.8, 4) is 0 Å². The summed E-state index contributed by atoms with van der Waals surface area (Å²) in [5.74, 6) is 1.35. The fourth-order valence-electron chi connectivity index (χ4n) is 9.35. The van der Waals surface area contributed by atoms with E-state index in [1.807, 2.05) is 0 Å². The van der Waals surface area contributed by atoms with Crippen molar-refractivity contribution in [2.24, 2.45) is 52.3 Å². The van der Waals surface area contributed by atoms with Crippen molar-refractivity contribution in [2.75, 3.05) is 0 Å². The molecule has 0 saturated heterocycles. The maximum absolute atomic E-state index is 14.1. The summed E-state index contributed by atoms with van der Waals surface area (Å²) in [5.41, 5.74) is 0.199. The Morgan fingerprint density at radius 1 is 1.06 bits per heavy atom. The van der Waals surface area contributed by atoms with Crippen molar-refractivity contribution < 1.29 is 24.2 Å². The van der Waals surface area contributed by atoms with Gasteiger partial charge in [0.2, 0.25) is 0 Å². The molecule has 0 aromatic carbocycles. The van der Waals surface area contributed by atoms with E-state index >= 15 is 0 Å². The van der Waals surface area contributed by atoms with Crippen LogP contribution >= 0.6 is 0 Å². The Bertz CT molecular complexity index is 776. The highest BCUT2D eigenvalue weighted by Gasteiger charge is 2.65.